The molecule has 1 atom stereocenters. The molecule has 0 aliphatic carbocycles. The highest BCUT2D eigenvalue weighted by molar-refractivity contribution is 5.75. The number of carbonyl (C=O) groups is 1. The molecule has 0 aliphatic rings. The normalized spacial score (nSPS) is 12.1. The molecular formula is C12H17NO3. The molecule has 1 unspecified atom stereocenters. The number of hydrogen-bond donors (Lipinski definition) is 3. The topological polar surface area (TPSA) is 69.6 Å². The molecule has 0 fully saturated rings. The predicted molar refractivity (Wildman–Crippen MR) is 61.4 cm³/mol. The zero-order chi connectivity index (χ0) is 12.1. The lowest BCUT2D eigenvalue weighted by Gasteiger charge is -2.13. The van der Waals surface area contributed by atoms with Gasteiger partial charge in [0.25, 0.3) is 0 Å². The Bertz CT molecular complexity index is 377. The number of phenols is 2. The van der Waals surface area contributed by atoms with Crippen molar-refractivity contribution in [3.05, 3.63) is 23.8 Å². The van der Waals surface area contributed by atoms with Crippen LogP contribution >= 0.6 is 0 Å². The lowest BCUT2D eigenvalue weighted by molar-refractivity contribution is -0.121. The largest absolute Gasteiger partial charge is 0.504 e. The van der Waals surface area contributed by atoms with Gasteiger partial charge >= 0.3 is 0 Å². The monoisotopic (exact) mass is 223 g/mol. The van der Waals surface area contributed by atoms with Crippen molar-refractivity contribution in [3.63, 3.8) is 0 Å². The van der Waals surface area contributed by atoms with E-state index in [9.17, 15) is 9.90 Å². The molecule has 0 saturated carbocycles. The van der Waals surface area contributed by atoms with Crippen molar-refractivity contribution in [2.75, 3.05) is 0 Å². The van der Waals surface area contributed by atoms with Gasteiger partial charge in [0.2, 0.25) is 5.91 Å². The first-order valence-corrected chi connectivity index (χ1v) is 5.33. The van der Waals surface area contributed by atoms with E-state index in [-0.39, 0.29) is 23.4 Å². The summed E-state index contributed by atoms with van der Waals surface area (Å²) in [5, 5.41) is 21.3. The minimum Gasteiger partial charge on any atom is -0.504 e. The minimum absolute atomic E-state index is 0.00972. The van der Waals surface area contributed by atoms with Crippen molar-refractivity contribution in [2.45, 2.75) is 32.7 Å². The molecule has 3 N–H and O–H groups in total. The highest BCUT2D eigenvalue weighted by Crippen LogP contribution is 2.25. The van der Waals surface area contributed by atoms with E-state index in [2.05, 4.69) is 5.32 Å². The number of hydrogen-bond acceptors (Lipinski definition) is 3. The van der Waals surface area contributed by atoms with E-state index in [1.54, 1.807) is 13.0 Å². The summed E-state index contributed by atoms with van der Waals surface area (Å²) < 4.78 is 0. The summed E-state index contributed by atoms with van der Waals surface area (Å²) in [6, 6.07) is 4.68. The Morgan fingerprint density at radius 3 is 2.62 bits per heavy atom. The van der Waals surface area contributed by atoms with Gasteiger partial charge in [0.15, 0.2) is 11.5 Å². The first-order valence-electron chi connectivity index (χ1n) is 5.33. The van der Waals surface area contributed by atoms with Crippen molar-refractivity contribution in [2.24, 2.45) is 0 Å². The third kappa shape index (κ3) is 3.46. The van der Waals surface area contributed by atoms with Crippen LogP contribution in [0.15, 0.2) is 18.2 Å². The maximum atomic E-state index is 11.1. The molecule has 4 heteroatoms. The number of phenolic OH excluding ortho intramolecular Hbond substituents is 2. The van der Waals surface area contributed by atoms with Crippen molar-refractivity contribution in [1.29, 1.82) is 0 Å². The highest BCUT2D eigenvalue weighted by atomic mass is 16.3. The lowest BCUT2D eigenvalue weighted by Crippen LogP contribution is -2.33. The molecule has 0 spiro atoms. The maximum absolute atomic E-state index is 11.1. The van der Waals surface area contributed by atoms with Crippen LogP contribution in [0.5, 0.6) is 11.5 Å². The van der Waals surface area contributed by atoms with Gasteiger partial charge < -0.3 is 15.5 Å². The lowest BCUT2D eigenvalue weighted by atomic mass is 10.1. The Morgan fingerprint density at radius 2 is 2.06 bits per heavy atom. The Labute approximate surface area is 94.9 Å². The second-order valence-corrected chi connectivity index (χ2v) is 3.85. The zero-order valence-corrected chi connectivity index (χ0v) is 9.53. The highest BCUT2D eigenvalue weighted by Gasteiger charge is 2.08. The van der Waals surface area contributed by atoms with Crippen LogP contribution < -0.4 is 5.32 Å². The molecule has 1 aromatic carbocycles. The Hall–Kier alpha value is -1.71. The molecule has 88 valence electrons. The molecule has 0 heterocycles. The van der Waals surface area contributed by atoms with E-state index in [4.69, 9.17) is 5.11 Å². The summed E-state index contributed by atoms with van der Waals surface area (Å²) in [5.41, 5.74) is 0.874. The van der Waals surface area contributed by atoms with Crippen LogP contribution in [0.2, 0.25) is 0 Å². The standard InChI is InChI=1S/C12H17NO3/c1-3-12(16)13-8(2)6-9-4-5-10(14)11(15)7-9/h4-5,7-8,14-15H,3,6H2,1-2H3,(H,13,16). The van der Waals surface area contributed by atoms with Gasteiger partial charge in [-0.25, -0.2) is 0 Å². The first-order chi connectivity index (χ1) is 7.52. The van der Waals surface area contributed by atoms with E-state index in [1.165, 1.54) is 12.1 Å². The van der Waals surface area contributed by atoms with Crippen molar-refractivity contribution >= 4 is 5.91 Å². The fourth-order valence-electron chi connectivity index (χ4n) is 1.48. The molecule has 0 aromatic heterocycles. The summed E-state index contributed by atoms with van der Waals surface area (Å²) >= 11 is 0. The number of rotatable bonds is 4. The van der Waals surface area contributed by atoms with Crippen molar-refractivity contribution in [3.8, 4) is 11.5 Å². The van der Waals surface area contributed by atoms with Gasteiger partial charge in [-0.05, 0) is 31.0 Å². The van der Waals surface area contributed by atoms with Gasteiger partial charge in [-0.1, -0.05) is 13.0 Å². The van der Waals surface area contributed by atoms with Gasteiger partial charge in [0.1, 0.15) is 0 Å². The average Bonchev–Trinajstić information content (AvgIpc) is 2.23. The molecule has 16 heavy (non-hydrogen) atoms. The van der Waals surface area contributed by atoms with Crippen LogP contribution in [0.4, 0.5) is 0 Å². The van der Waals surface area contributed by atoms with Crippen molar-refractivity contribution in [1.82, 2.24) is 5.32 Å². The molecular weight excluding hydrogens is 206 g/mol. The van der Waals surface area contributed by atoms with Crippen LogP contribution in [0.25, 0.3) is 0 Å². The molecule has 1 amide bonds. The smallest absolute Gasteiger partial charge is 0.219 e. The third-order valence-corrected chi connectivity index (χ3v) is 2.31. The van der Waals surface area contributed by atoms with E-state index < -0.39 is 0 Å². The Morgan fingerprint density at radius 1 is 1.38 bits per heavy atom. The van der Waals surface area contributed by atoms with E-state index in [0.717, 1.165) is 5.56 Å². The van der Waals surface area contributed by atoms with Crippen LogP contribution in [-0.4, -0.2) is 22.2 Å². The number of aromatic hydroxyl groups is 2. The van der Waals surface area contributed by atoms with Crippen molar-refractivity contribution < 1.29 is 15.0 Å². The van der Waals surface area contributed by atoms with Crippen LogP contribution in [0.3, 0.4) is 0 Å². The van der Waals surface area contributed by atoms with Gasteiger partial charge in [0, 0.05) is 12.5 Å². The Balaban J connectivity index is 2.59. The zero-order valence-electron chi connectivity index (χ0n) is 9.53. The van der Waals surface area contributed by atoms with E-state index in [0.29, 0.717) is 12.8 Å². The molecule has 1 rings (SSSR count). The molecule has 0 bridgehead atoms. The van der Waals surface area contributed by atoms with Gasteiger partial charge in [-0.2, -0.15) is 0 Å². The molecule has 0 saturated heterocycles. The maximum Gasteiger partial charge on any atom is 0.219 e. The summed E-state index contributed by atoms with van der Waals surface area (Å²) in [6.07, 6.45) is 1.09. The van der Waals surface area contributed by atoms with Gasteiger partial charge in [-0.3, -0.25) is 4.79 Å². The van der Waals surface area contributed by atoms with Gasteiger partial charge in [-0.15, -0.1) is 0 Å². The van der Waals surface area contributed by atoms with Crippen LogP contribution in [-0.2, 0) is 11.2 Å². The van der Waals surface area contributed by atoms with Crippen LogP contribution in [0.1, 0.15) is 25.8 Å². The summed E-state index contributed by atoms with van der Waals surface area (Å²) in [5.74, 6) is -0.254. The fourth-order valence-corrected chi connectivity index (χ4v) is 1.48. The Kier molecular flexibility index (Phi) is 4.17. The van der Waals surface area contributed by atoms with Gasteiger partial charge in [0.05, 0.1) is 0 Å². The molecule has 1 aromatic rings. The van der Waals surface area contributed by atoms with E-state index >= 15 is 0 Å². The second-order valence-electron chi connectivity index (χ2n) is 3.85. The summed E-state index contributed by atoms with van der Waals surface area (Å²) in [7, 11) is 0. The molecule has 0 aliphatic heterocycles. The van der Waals surface area contributed by atoms with Crippen LogP contribution in [0, 0.1) is 0 Å². The SMILES string of the molecule is CCC(=O)NC(C)Cc1ccc(O)c(O)c1. The minimum atomic E-state index is -0.133. The number of benzene rings is 1. The van der Waals surface area contributed by atoms with E-state index in [1.807, 2.05) is 6.92 Å². The number of carbonyl (C=O) groups excluding carboxylic acids is 1. The number of amides is 1. The quantitative estimate of drug-likeness (QED) is 0.678. The number of nitrogens with one attached hydrogen (secondary N) is 1. The summed E-state index contributed by atoms with van der Waals surface area (Å²) in [4.78, 5) is 11.1. The average molecular weight is 223 g/mol. The third-order valence-electron chi connectivity index (χ3n) is 2.31. The first kappa shape index (κ1) is 12.4. The predicted octanol–water partition coefficient (Wildman–Crippen LogP) is 1.55. The summed E-state index contributed by atoms with van der Waals surface area (Å²) in [6.45, 7) is 3.70. The second kappa shape index (κ2) is 5.39. The molecule has 4 nitrogen and oxygen atoms in total. The fraction of sp³-hybridized carbons (Fsp3) is 0.417. The molecule has 0 radical (unpaired) electrons.